The quantitative estimate of drug-likeness (QED) is 0.845. The van der Waals surface area contributed by atoms with Gasteiger partial charge in [0.05, 0.1) is 6.61 Å². The predicted octanol–water partition coefficient (Wildman–Crippen LogP) is 2.35. The molecule has 1 atom stereocenters. The number of para-hydroxylation sites is 1. The van der Waals surface area contributed by atoms with Gasteiger partial charge in [0.1, 0.15) is 6.04 Å². The highest BCUT2D eigenvalue weighted by Crippen LogP contribution is 2.39. The number of phenolic OH excluding ortho intramolecular Hbond substituents is 1. The van der Waals surface area contributed by atoms with Crippen molar-refractivity contribution in [1.82, 2.24) is 0 Å². The van der Waals surface area contributed by atoms with E-state index in [0.29, 0.717) is 0 Å². The summed E-state index contributed by atoms with van der Waals surface area (Å²) in [6, 6.07) is 1.64. The topological polar surface area (TPSA) is 55.5 Å². The van der Waals surface area contributed by atoms with Gasteiger partial charge in [0.2, 0.25) is 0 Å². The minimum Gasteiger partial charge on any atom is -0.504 e. The molecule has 1 aromatic carbocycles. The van der Waals surface area contributed by atoms with E-state index in [2.05, 4.69) is 0 Å². The van der Waals surface area contributed by atoms with Crippen LogP contribution in [0.1, 0.15) is 18.5 Å². The highest BCUT2D eigenvalue weighted by atomic mass is 19.4. The summed E-state index contributed by atoms with van der Waals surface area (Å²) in [4.78, 5) is 0. The second kappa shape index (κ2) is 4.61. The molecular formula is C10H12F3NO2. The molecule has 0 saturated heterocycles. The number of alkyl halides is 3. The van der Waals surface area contributed by atoms with E-state index >= 15 is 0 Å². The van der Waals surface area contributed by atoms with Crippen LogP contribution in [0.3, 0.4) is 0 Å². The van der Waals surface area contributed by atoms with Crippen molar-refractivity contribution in [2.75, 3.05) is 6.61 Å². The first-order valence-corrected chi connectivity index (χ1v) is 4.65. The Labute approximate surface area is 90.6 Å². The maximum atomic E-state index is 12.4. The van der Waals surface area contributed by atoms with Crippen LogP contribution in [0.15, 0.2) is 18.2 Å². The zero-order chi connectivity index (χ0) is 12.3. The number of aromatic hydroxyl groups is 1. The Balaban J connectivity index is 3.10. The molecule has 0 aromatic heterocycles. The van der Waals surface area contributed by atoms with Crippen molar-refractivity contribution in [3.05, 3.63) is 23.8 Å². The standard InChI is InChI=1S/C10H12F3NO2/c1-2-16-7-5-3-4-6(8(7)15)9(14)10(11,12)13/h3-5,9,15H,2,14H2,1H3/t9-/m0/s1. The van der Waals surface area contributed by atoms with Gasteiger partial charge in [0, 0.05) is 5.56 Å². The lowest BCUT2D eigenvalue weighted by molar-refractivity contribution is -0.149. The first-order chi connectivity index (χ1) is 7.38. The first kappa shape index (κ1) is 12.6. The number of ether oxygens (including phenoxy) is 1. The highest BCUT2D eigenvalue weighted by molar-refractivity contribution is 5.47. The summed E-state index contributed by atoms with van der Waals surface area (Å²) in [5, 5.41) is 9.55. The smallest absolute Gasteiger partial charge is 0.407 e. The van der Waals surface area contributed by atoms with Crippen LogP contribution >= 0.6 is 0 Å². The van der Waals surface area contributed by atoms with Crippen molar-refractivity contribution in [3.63, 3.8) is 0 Å². The normalized spacial score (nSPS) is 13.6. The summed E-state index contributed by atoms with van der Waals surface area (Å²) in [6.45, 7) is 1.91. The van der Waals surface area contributed by atoms with Gasteiger partial charge in [-0.05, 0) is 13.0 Å². The zero-order valence-electron chi connectivity index (χ0n) is 8.58. The average Bonchev–Trinajstić information content (AvgIpc) is 2.19. The van der Waals surface area contributed by atoms with E-state index in [1.807, 2.05) is 0 Å². The van der Waals surface area contributed by atoms with Crippen molar-refractivity contribution in [1.29, 1.82) is 0 Å². The Morgan fingerprint density at radius 1 is 1.44 bits per heavy atom. The molecule has 0 bridgehead atoms. The van der Waals surface area contributed by atoms with Crippen LogP contribution in [0.5, 0.6) is 11.5 Å². The van der Waals surface area contributed by atoms with E-state index in [9.17, 15) is 18.3 Å². The van der Waals surface area contributed by atoms with Gasteiger partial charge in [-0.15, -0.1) is 0 Å². The third-order valence-electron chi connectivity index (χ3n) is 2.02. The van der Waals surface area contributed by atoms with Crippen molar-refractivity contribution in [2.45, 2.75) is 19.1 Å². The van der Waals surface area contributed by atoms with Crippen LogP contribution < -0.4 is 10.5 Å². The molecule has 0 unspecified atom stereocenters. The second-order valence-corrected chi connectivity index (χ2v) is 3.15. The van der Waals surface area contributed by atoms with Crippen LogP contribution in [0.25, 0.3) is 0 Å². The molecule has 3 nitrogen and oxygen atoms in total. The lowest BCUT2D eigenvalue weighted by Crippen LogP contribution is -2.28. The van der Waals surface area contributed by atoms with Gasteiger partial charge in [0.15, 0.2) is 11.5 Å². The SMILES string of the molecule is CCOc1cccc([C@H](N)C(F)(F)F)c1O. The molecule has 0 saturated carbocycles. The molecule has 0 spiro atoms. The van der Waals surface area contributed by atoms with Gasteiger partial charge in [-0.1, -0.05) is 12.1 Å². The van der Waals surface area contributed by atoms with Gasteiger partial charge in [-0.2, -0.15) is 13.2 Å². The molecule has 1 rings (SSSR count). The molecule has 0 fully saturated rings. The van der Waals surface area contributed by atoms with Crippen LogP contribution in [0.4, 0.5) is 13.2 Å². The molecule has 1 aromatic rings. The molecule has 0 aliphatic carbocycles. The van der Waals surface area contributed by atoms with E-state index in [4.69, 9.17) is 10.5 Å². The third-order valence-corrected chi connectivity index (χ3v) is 2.02. The molecule has 0 heterocycles. The van der Waals surface area contributed by atoms with E-state index in [1.165, 1.54) is 12.1 Å². The summed E-state index contributed by atoms with van der Waals surface area (Å²) in [7, 11) is 0. The molecule has 90 valence electrons. The van der Waals surface area contributed by atoms with Gasteiger partial charge in [-0.25, -0.2) is 0 Å². The summed E-state index contributed by atoms with van der Waals surface area (Å²) in [5.74, 6) is -0.561. The predicted molar refractivity (Wildman–Crippen MR) is 52.3 cm³/mol. The van der Waals surface area contributed by atoms with Crippen LogP contribution in [-0.2, 0) is 0 Å². The lowest BCUT2D eigenvalue weighted by atomic mass is 10.1. The van der Waals surface area contributed by atoms with Crippen molar-refractivity contribution in [3.8, 4) is 11.5 Å². The zero-order valence-corrected chi connectivity index (χ0v) is 8.58. The summed E-state index contributed by atoms with van der Waals surface area (Å²) < 4.78 is 42.0. The minimum absolute atomic E-state index is 0.000278. The molecule has 0 amide bonds. The number of hydrogen-bond acceptors (Lipinski definition) is 3. The Morgan fingerprint density at radius 2 is 2.06 bits per heavy atom. The van der Waals surface area contributed by atoms with Crippen LogP contribution in [0, 0.1) is 0 Å². The van der Waals surface area contributed by atoms with Crippen molar-refractivity contribution >= 4 is 0 Å². The molecule has 0 aliphatic rings. The van der Waals surface area contributed by atoms with Gasteiger partial charge >= 0.3 is 6.18 Å². The Bertz CT molecular complexity index is 366. The average molecular weight is 235 g/mol. The highest BCUT2D eigenvalue weighted by Gasteiger charge is 2.39. The first-order valence-electron chi connectivity index (χ1n) is 4.65. The van der Waals surface area contributed by atoms with Crippen LogP contribution in [0.2, 0.25) is 0 Å². The minimum atomic E-state index is -4.59. The fraction of sp³-hybridized carbons (Fsp3) is 0.400. The van der Waals surface area contributed by atoms with E-state index in [0.717, 1.165) is 6.07 Å². The molecule has 3 N–H and O–H groups in total. The molecule has 6 heteroatoms. The number of halogens is 3. The number of nitrogens with two attached hydrogens (primary N) is 1. The molecular weight excluding hydrogens is 223 g/mol. The molecule has 0 aliphatic heterocycles. The Hall–Kier alpha value is -1.43. The fourth-order valence-electron chi connectivity index (χ4n) is 1.24. The Kier molecular flexibility index (Phi) is 3.64. The van der Waals surface area contributed by atoms with E-state index < -0.39 is 23.5 Å². The maximum absolute atomic E-state index is 12.4. The monoisotopic (exact) mass is 235 g/mol. The third kappa shape index (κ3) is 2.57. The van der Waals surface area contributed by atoms with E-state index in [1.54, 1.807) is 6.92 Å². The lowest BCUT2D eigenvalue weighted by Gasteiger charge is -2.18. The fourth-order valence-corrected chi connectivity index (χ4v) is 1.24. The van der Waals surface area contributed by atoms with Gasteiger partial charge in [0.25, 0.3) is 0 Å². The molecule has 0 radical (unpaired) electrons. The van der Waals surface area contributed by atoms with Gasteiger partial charge < -0.3 is 15.6 Å². The molecule has 16 heavy (non-hydrogen) atoms. The Morgan fingerprint density at radius 3 is 2.56 bits per heavy atom. The number of benzene rings is 1. The summed E-state index contributed by atoms with van der Waals surface area (Å²) >= 11 is 0. The maximum Gasteiger partial charge on any atom is 0.407 e. The second-order valence-electron chi connectivity index (χ2n) is 3.15. The van der Waals surface area contributed by atoms with E-state index in [-0.39, 0.29) is 12.4 Å². The van der Waals surface area contributed by atoms with Crippen LogP contribution in [-0.4, -0.2) is 17.9 Å². The largest absolute Gasteiger partial charge is 0.504 e. The number of phenols is 1. The summed E-state index contributed by atoms with van der Waals surface area (Å²) in [6.07, 6.45) is -4.59. The van der Waals surface area contributed by atoms with Crippen molar-refractivity contribution < 1.29 is 23.0 Å². The van der Waals surface area contributed by atoms with Gasteiger partial charge in [-0.3, -0.25) is 0 Å². The number of rotatable bonds is 3. The number of hydrogen-bond donors (Lipinski definition) is 2. The summed E-state index contributed by atoms with van der Waals surface area (Å²) in [5.41, 5.74) is 4.61. The van der Waals surface area contributed by atoms with Crippen molar-refractivity contribution in [2.24, 2.45) is 5.73 Å².